The van der Waals surface area contributed by atoms with Gasteiger partial charge < -0.3 is 30.1 Å². The number of aliphatic hydroxyl groups is 2. The van der Waals surface area contributed by atoms with Crippen molar-refractivity contribution in [2.24, 2.45) is 28.6 Å². The first-order chi connectivity index (χ1) is 17.2. The summed E-state index contributed by atoms with van der Waals surface area (Å²) in [4.78, 5) is 27.0. The van der Waals surface area contributed by atoms with Crippen molar-refractivity contribution < 1.29 is 34.8 Å². The Morgan fingerprint density at radius 2 is 1.89 bits per heavy atom. The van der Waals surface area contributed by atoms with E-state index in [4.69, 9.17) is 4.74 Å². The lowest BCUT2D eigenvalue weighted by Gasteiger charge is -2.64. The number of phenols is 1. The van der Waals surface area contributed by atoms with Gasteiger partial charge in [-0.25, -0.2) is 4.79 Å². The van der Waals surface area contributed by atoms with Crippen molar-refractivity contribution >= 4 is 11.9 Å². The SMILES string of the molecule is CC[C@@H](C)[C@H](C(=O)O)N1Cc2c(cc(O)c3c2O[C@]2(C3)[C@H](C)CC[C@@H]3C(C)(C)[C@H](O)[C@H](O)C[C@@]32C)C1=O. The number of carbonyl (C=O) groups excluding carboxylic acids is 1. The fourth-order valence-electron chi connectivity index (χ4n) is 8.56. The molecule has 1 amide bonds. The minimum Gasteiger partial charge on any atom is -0.508 e. The molecule has 5 rings (SSSR count). The van der Waals surface area contributed by atoms with Crippen LogP contribution in [0.4, 0.5) is 0 Å². The van der Waals surface area contributed by atoms with E-state index < -0.39 is 46.6 Å². The zero-order valence-corrected chi connectivity index (χ0v) is 22.7. The summed E-state index contributed by atoms with van der Waals surface area (Å²) in [6, 6.07) is 0.509. The normalized spacial score (nSPS) is 37.5. The lowest BCUT2D eigenvalue weighted by molar-refractivity contribution is -0.240. The van der Waals surface area contributed by atoms with Gasteiger partial charge in [0.15, 0.2) is 0 Å². The Kier molecular flexibility index (Phi) is 5.93. The molecule has 4 aliphatic rings. The Balaban J connectivity index is 1.59. The van der Waals surface area contributed by atoms with E-state index in [2.05, 4.69) is 13.8 Å². The molecule has 2 heterocycles. The second kappa shape index (κ2) is 8.34. The van der Waals surface area contributed by atoms with Gasteiger partial charge in [-0.3, -0.25) is 4.79 Å². The van der Waals surface area contributed by atoms with Gasteiger partial charge in [0.05, 0.1) is 24.3 Å². The molecule has 1 spiro atoms. The molecule has 37 heavy (non-hydrogen) atoms. The molecule has 0 aromatic heterocycles. The van der Waals surface area contributed by atoms with Crippen LogP contribution in [-0.4, -0.2) is 61.1 Å². The molecule has 0 unspecified atom stereocenters. The quantitative estimate of drug-likeness (QED) is 0.481. The Bertz CT molecular complexity index is 1150. The van der Waals surface area contributed by atoms with Crippen LogP contribution in [0.1, 0.15) is 88.7 Å². The number of fused-ring (bicyclic) bond motifs is 5. The molecule has 0 saturated heterocycles. The largest absolute Gasteiger partial charge is 0.508 e. The second-order valence-corrected chi connectivity index (χ2v) is 13.0. The highest BCUT2D eigenvalue weighted by Crippen LogP contribution is 2.67. The van der Waals surface area contributed by atoms with Gasteiger partial charge in [-0.05, 0) is 48.5 Å². The first kappa shape index (κ1) is 26.3. The van der Waals surface area contributed by atoms with Crippen LogP contribution < -0.4 is 4.74 Å². The predicted molar refractivity (Wildman–Crippen MR) is 136 cm³/mol. The van der Waals surface area contributed by atoms with Crippen molar-refractivity contribution in [3.05, 3.63) is 22.8 Å². The predicted octanol–water partition coefficient (Wildman–Crippen LogP) is 3.73. The molecule has 2 fully saturated rings. The Morgan fingerprint density at radius 3 is 2.51 bits per heavy atom. The zero-order valence-electron chi connectivity index (χ0n) is 22.7. The van der Waals surface area contributed by atoms with Crippen LogP contribution in [0.3, 0.4) is 0 Å². The highest BCUT2D eigenvalue weighted by Gasteiger charge is 2.69. The average Bonchev–Trinajstić information content (AvgIpc) is 3.37. The number of aromatic hydroxyl groups is 1. The average molecular weight is 516 g/mol. The molecule has 0 radical (unpaired) electrons. The van der Waals surface area contributed by atoms with Crippen LogP contribution in [0, 0.1) is 28.6 Å². The number of hydrogen-bond acceptors (Lipinski definition) is 6. The number of phenolic OH excluding ortho intramolecular Hbond substituents is 1. The number of benzene rings is 1. The maximum Gasteiger partial charge on any atom is 0.326 e. The fraction of sp³-hybridized carbons (Fsp3) is 0.724. The molecule has 1 aromatic rings. The van der Waals surface area contributed by atoms with E-state index in [1.807, 2.05) is 27.7 Å². The first-order valence-electron chi connectivity index (χ1n) is 13.7. The summed E-state index contributed by atoms with van der Waals surface area (Å²) in [5.41, 5.74) is -0.170. The molecular formula is C29H41NO7. The lowest BCUT2D eigenvalue weighted by Crippen LogP contribution is -2.69. The van der Waals surface area contributed by atoms with E-state index in [1.165, 1.54) is 11.0 Å². The van der Waals surface area contributed by atoms with Crippen LogP contribution >= 0.6 is 0 Å². The number of aliphatic carboxylic acids is 1. The Labute approximate surface area is 218 Å². The monoisotopic (exact) mass is 515 g/mol. The van der Waals surface area contributed by atoms with E-state index in [9.17, 15) is 30.0 Å². The topological polar surface area (TPSA) is 128 Å². The third-order valence-electron chi connectivity index (χ3n) is 10.9. The lowest BCUT2D eigenvalue weighted by atomic mass is 9.43. The molecule has 8 heteroatoms. The van der Waals surface area contributed by atoms with Gasteiger partial charge in [-0.15, -0.1) is 0 Å². The molecule has 1 aromatic carbocycles. The summed E-state index contributed by atoms with van der Waals surface area (Å²) in [6.45, 7) is 12.2. The molecule has 204 valence electrons. The molecule has 0 bridgehead atoms. The smallest absolute Gasteiger partial charge is 0.326 e. The Hall–Kier alpha value is -2.32. The molecule has 2 aliphatic heterocycles. The summed E-state index contributed by atoms with van der Waals surface area (Å²) < 4.78 is 6.97. The number of amides is 1. The van der Waals surface area contributed by atoms with Crippen molar-refractivity contribution in [3.8, 4) is 11.5 Å². The number of carboxylic acids is 1. The van der Waals surface area contributed by atoms with Crippen LogP contribution in [0.5, 0.6) is 11.5 Å². The van der Waals surface area contributed by atoms with Gasteiger partial charge in [0.25, 0.3) is 5.91 Å². The van der Waals surface area contributed by atoms with Gasteiger partial charge in [0, 0.05) is 23.0 Å². The van der Waals surface area contributed by atoms with Gasteiger partial charge >= 0.3 is 5.97 Å². The van der Waals surface area contributed by atoms with E-state index in [0.717, 1.165) is 12.8 Å². The molecule has 2 aliphatic carbocycles. The van der Waals surface area contributed by atoms with E-state index in [-0.39, 0.29) is 30.0 Å². The maximum atomic E-state index is 13.4. The molecule has 4 N–H and O–H groups in total. The second-order valence-electron chi connectivity index (χ2n) is 13.0. The zero-order chi connectivity index (χ0) is 27.2. The van der Waals surface area contributed by atoms with Crippen molar-refractivity contribution in [2.75, 3.05) is 0 Å². The van der Waals surface area contributed by atoms with E-state index in [0.29, 0.717) is 41.7 Å². The number of hydrogen-bond donors (Lipinski definition) is 4. The summed E-state index contributed by atoms with van der Waals surface area (Å²) >= 11 is 0. The van der Waals surface area contributed by atoms with Crippen molar-refractivity contribution in [2.45, 2.75) is 104 Å². The number of ether oxygens (including phenoxy) is 1. The molecular weight excluding hydrogens is 474 g/mol. The molecule has 8 nitrogen and oxygen atoms in total. The highest BCUT2D eigenvalue weighted by atomic mass is 16.5. The molecule has 2 saturated carbocycles. The number of nitrogens with zero attached hydrogens (tertiary/aromatic N) is 1. The van der Waals surface area contributed by atoms with Crippen LogP contribution in [0.2, 0.25) is 0 Å². The fourth-order valence-corrected chi connectivity index (χ4v) is 8.56. The highest BCUT2D eigenvalue weighted by molar-refractivity contribution is 6.02. The minimum atomic E-state index is -1.04. The number of rotatable bonds is 4. The number of carboxylic acid groups (broad SMARTS) is 1. The Morgan fingerprint density at radius 1 is 1.22 bits per heavy atom. The number of aliphatic hydroxyl groups excluding tert-OH is 2. The molecule has 8 atom stereocenters. The van der Waals surface area contributed by atoms with Crippen molar-refractivity contribution in [1.29, 1.82) is 0 Å². The van der Waals surface area contributed by atoms with Crippen molar-refractivity contribution in [3.63, 3.8) is 0 Å². The van der Waals surface area contributed by atoms with Crippen LogP contribution in [-0.2, 0) is 17.8 Å². The van der Waals surface area contributed by atoms with Crippen LogP contribution in [0.25, 0.3) is 0 Å². The summed E-state index contributed by atoms with van der Waals surface area (Å²) in [7, 11) is 0. The third kappa shape index (κ3) is 3.33. The van der Waals surface area contributed by atoms with Gasteiger partial charge in [0.2, 0.25) is 0 Å². The van der Waals surface area contributed by atoms with Gasteiger partial charge in [-0.2, -0.15) is 0 Å². The van der Waals surface area contributed by atoms with Crippen molar-refractivity contribution in [1.82, 2.24) is 4.90 Å². The summed E-state index contributed by atoms with van der Waals surface area (Å²) in [6.07, 6.45) is 1.48. The van der Waals surface area contributed by atoms with Gasteiger partial charge in [0.1, 0.15) is 23.1 Å². The van der Waals surface area contributed by atoms with Gasteiger partial charge in [-0.1, -0.05) is 48.0 Å². The van der Waals surface area contributed by atoms with Crippen LogP contribution in [0.15, 0.2) is 6.07 Å². The third-order valence-corrected chi connectivity index (χ3v) is 10.9. The number of carbonyl (C=O) groups is 2. The van der Waals surface area contributed by atoms with E-state index in [1.54, 1.807) is 0 Å². The standard InChI is InChI=1S/C29H41NO7/c1-7-14(2)22(26(35)36)30-13-18-16(25(30)34)10-19(31)17-11-29(37-23(17)18)15(3)8-9-21-27(4,5)24(33)20(32)12-28(21,29)6/h10,14-15,20-22,24,31-33H,7-9,11-13H2,1-6H3,(H,35,36)/t14-,15-,20-,21-,22-,24-,28+,29-/m1/s1. The first-order valence-corrected chi connectivity index (χ1v) is 13.7. The summed E-state index contributed by atoms with van der Waals surface area (Å²) in [5, 5.41) is 42.9. The minimum absolute atomic E-state index is 0.00943. The summed E-state index contributed by atoms with van der Waals surface area (Å²) in [5.74, 6) is -1.00. The maximum absolute atomic E-state index is 13.4. The van der Waals surface area contributed by atoms with E-state index >= 15 is 0 Å².